The van der Waals surface area contributed by atoms with E-state index in [0.29, 0.717) is 6.61 Å². The molecule has 1 rings (SSSR count). The van der Waals surface area contributed by atoms with Crippen LogP contribution in [0.5, 0.6) is 0 Å². The molecular formula is C9H12ClNOS. The van der Waals surface area contributed by atoms with Gasteiger partial charge >= 0.3 is 0 Å². The Morgan fingerprint density at radius 2 is 2.46 bits per heavy atom. The monoisotopic (exact) mass is 217 g/mol. The minimum Gasteiger partial charge on any atom is -0.478 e. The quantitative estimate of drug-likeness (QED) is 0.612. The minimum atomic E-state index is 0. The third kappa shape index (κ3) is 4.70. The van der Waals surface area contributed by atoms with Gasteiger partial charge in [0.2, 0.25) is 5.90 Å². The molecule has 0 bridgehead atoms. The van der Waals surface area contributed by atoms with Crippen molar-refractivity contribution in [2.75, 3.05) is 6.61 Å². The average molecular weight is 218 g/mol. The highest BCUT2D eigenvalue weighted by Gasteiger charge is 1.89. The van der Waals surface area contributed by atoms with Crippen molar-refractivity contribution in [3.63, 3.8) is 0 Å². The maximum atomic E-state index is 7.29. The Kier molecular flexibility index (Phi) is 6.28. The predicted octanol–water partition coefficient (Wildman–Crippen LogP) is 3.20. The van der Waals surface area contributed by atoms with Crippen LogP contribution in [-0.4, -0.2) is 12.5 Å². The molecule has 2 nitrogen and oxygen atoms in total. The van der Waals surface area contributed by atoms with E-state index < -0.39 is 0 Å². The summed E-state index contributed by atoms with van der Waals surface area (Å²) in [5.74, 6) is 0.214. The van der Waals surface area contributed by atoms with Crippen molar-refractivity contribution in [2.45, 2.75) is 6.92 Å². The number of thiophene rings is 1. The Hall–Kier alpha value is -0.800. The van der Waals surface area contributed by atoms with E-state index in [1.165, 1.54) is 0 Å². The standard InChI is InChI=1S/C9H11NOS.ClH/c1-2-11-9(10)6-5-8-4-3-7-12-8;/h3-7,10H,2H2,1H3;1H/b6-5+,10-9?;. The highest BCUT2D eigenvalue weighted by molar-refractivity contribution is 7.10. The molecule has 0 saturated heterocycles. The van der Waals surface area contributed by atoms with Crippen molar-refractivity contribution in [3.05, 3.63) is 28.5 Å². The first kappa shape index (κ1) is 12.2. The first-order chi connectivity index (χ1) is 5.83. The van der Waals surface area contributed by atoms with E-state index in [0.717, 1.165) is 4.88 Å². The number of hydrogen-bond donors (Lipinski definition) is 1. The van der Waals surface area contributed by atoms with Gasteiger partial charge in [0.25, 0.3) is 0 Å². The Morgan fingerprint density at radius 3 is 3.00 bits per heavy atom. The topological polar surface area (TPSA) is 33.1 Å². The van der Waals surface area contributed by atoms with Crippen LogP contribution >= 0.6 is 23.7 Å². The van der Waals surface area contributed by atoms with E-state index in [1.54, 1.807) is 17.4 Å². The largest absolute Gasteiger partial charge is 0.478 e. The van der Waals surface area contributed by atoms with Crippen molar-refractivity contribution in [1.82, 2.24) is 0 Å². The highest BCUT2D eigenvalue weighted by Crippen LogP contribution is 2.09. The van der Waals surface area contributed by atoms with E-state index in [2.05, 4.69) is 0 Å². The van der Waals surface area contributed by atoms with Gasteiger partial charge in [0.05, 0.1) is 6.61 Å². The van der Waals surface area contributed by atoms with Crippen molar-refractivity contribution >= 4 is 35.7 Å². The Labute approximate surface area is 88.2 Å². The maximum Gasteiger partial charge on any atom is 0.205 e. The van der Waals surface area contributed by atoms with Crippen molar-refractivity contribution in [1.29, 1.82) is 5.41 Å². The first-order valence-electron chi connectivity index (χ1n) is 3.76. The van der Waals surface area contributed by atoms with Gasteiger partial charge in [0.1, 0.15) is 0 Å². The molecule has 1 aromatic heterocycles. The van der Waals surface area contributed by atoms with Gasteiger partial charge in [0.15, 0.2) is 0 Å². The molecular weight excluding hydrogens is 206 g/mol. The molecule has 1 heterocycles. The van der Waals surface area contributed by atoms with Crippen LogP contribution in [0.2, 0.25) is 0 Å². The second kappa shape index (κ2) is 6.69. The highest BCUT2D eigenvalue weighted by atomic mass is 35.5. The molecule has 0 fully saturated rings. The van der Waals surface area contributed by atoms with E-state index in [1.807, 2.05) is 30.5 Å². The lowest BCUT2D eigenvalue weighted by molar-refractivity contribution is 0.327. The minimum absolute atomic E-state index is 0. The fourth-order valence-corrected chi connectivity index (χ4v) is 1.37. The summed E-state index contributed by atoms with van der Waals surface area (Å²) in [6, 6.07) is 3.98. The molecule has 72 valence electrons. The molecule has 1 N–H and O–H groups in total. The van der Waals surface area contributed by atoms with Gasteiger partial charge in [-0.05, 0) is 24.4 Å². The molecule has 0 aliphatic carbocycles. The van der Waals surface area contributed by atoms with Gasteiger partial charge in [-0.3, -0.25) is 5.41 Å². The Morgan fingerprint density at radius 1 is 1.69 bits per heavy atom. The second-order valence-corrected chi connectivity index (χ2v) is 3.13. The average Bonchev–Trinajstić information content (AvgIpc) is 2.53. The molecule has 0 amide bonds. The summed E-state index contributed by atoms with van der Waals surface area (Å²) in [6.45, 7) is 2.42. The first-order valence-corrected chi connectivity index (χ1v) is 4.64. The molecule has 0 aliphatic heterocycles. The Bertz CT molecular complexity index is 269. The van der Waals surface area contributed by atoms with Crippen molar-refractivity contribution < 1.29 is 4.74 Å². The van der Waals surface area contributed by atoms with Crippen LogP contribution in [0.1, 0.15) is 11.8 Å². The fourth-order valence-electron chi connectivity index (χ4n) is 0.748. The lowest BCUT2D eigenvalue weighted by atomic mass is 10.4. The van der Waals surface area contributed by atoms with Gasteiger partial charge < -0.3 is 4.74 Å². The predicted molar refractivity (Wildman–Crippen MR) is 60.0 cm³/mol. The summed E-state index contributed by atoms with van der Waals surface area (Å²) in [6.07, 6.45) is 3.54. The molecule has 0 radical (unpaired) electrons. The van der Waals surface area contributed by atoms with Gasteiger partial charge in [-0.1, -0.05) is 6.07 Å². The molecule has 0 atom stereocenters. The van der Waals surface area contributed by atoms with Gasteiger partial charge in [-0.15, -0.1) is 23.7 Å². The van der Waals surface area contributed by atoms with Crippen LogP contribution in [0, 0.1) is 5.41 Å². The molecule has 1 aromatic rings. The number of hydrogen-bond acceptors (Lipinski definition) is 3. The van der Waals surface area contributed by atoms with Gasteiger partial charge in [-0.2, -0.15) is 0 Å². The molecule has 0 unspecified atom stereocenters. The zero-order valence-electron chi connectivity index (χ0n) is 7.32. The third-order valence-corrected chi connectivity index (χ3v) is 2.08. The van der Waals surface area contributed by atoms with Crippen LogP contribution in [-0.2, 0) is 4.74 Å². The lowest BCUT2D eigenvalue weighted by Crippen LogP contribution is -1.97. The lowest BCUT2D eigenvalue weighted by Gasteiger charge is -1.96. The van der Waals surface area contributed by atoms with Crippen LogP contribution in [0.4, 0.5) is 0 Å². The Balaban J connectivity index is 0.00000144. The normalized spacial score (nSPS) is 9.62. The zero-order valence-corrected chi connectivity index (χ0v) is 8.95. The van der Waals surface area contributed by atoms with Gasteiger partial charge in [-0.25, -0.2) is 0 Å². The molecule has 0 aromatic carbocycles. The molecule has 4 heteroatoms. The van der Waals surface area contributed by atoms with Crippen molar-refractivity contribution in [2.24, 2.45) is 0 Å². The summed E-state index contributed by atoms with van der Waals surface area (Å²) in [5.41, 5.74) is 0. The van der Waals surface area contributed by atoms with E-state index >= 15 is 0 Å². The number of halogens is 1. The van der Waals surface area contributed by atoms with Crippen LogP contribution in [0.25, 0.3) is 6.08 Å². The molecule has 0 aliphatic rings. The molecule has 0 saturated carbocycles. The van der Waals surface area contributed by atoms with E-state index in [9.17, 15) is 0 Å². The fraction of sp³-hybridized carbons (Fsp3) is 0.222. The van der Waals surface area contributed by atoms with Crippen LogP contribution in [0.15, 0.2) is 23.6 Å². The number of rotatable bonds is 3. The second-order valence-electron chi connectivity index (χ2n) is 2.15. The summed E-state index contributed by atoms with van der Waals surface area (Å²) >= 11 is 1.64. The zero-order chi connectivity index (χ0) is 8.81. The molecule has 0 spiro atoms. The van der Waals surface area contributed by atoms with Crippen LogP contribution < -0.4 is 0 Å². The SMILES string of the molecule is CCOC(=N)/C=C/c1cccs1.Cl. The summed E-state index contributed by atoms with van der Waals surface area (Å²) < 4.78 is 4.94. The van der Waals surface area contributed by atoms with E-state index in [-0.39, 0.29) is 18.3 Å². The number of ether oxygens (including phenoxy) is 1. The smallest absolute Gasteiger partial charge is 0.205 e. The van der Waals surface area contributed by atoms with Gasteiger partial charge in [0, 0.05) is 11.0 Å². The summed E-state index contributed by atoms with van der Waals surface area (Å²) in [4.78, 5) is 1.14. The van der Waals surface area contributed by atoms with E-state index in [4.69, 9.17) is 10.1 Å². The summed E-state index contributed by atoms with van der Waals surface area (Å²) in [5, 5.41) is 9.29. The molecule has 13 heavy (non-hydrogen) atoms. The summed E-state index contributed by atoms with van der Waals surface area (Å²) in [7, 11) is 0. The maximum absolute atomic E-state index is 7.29. The third-order valence-electron chi connectivity index (χ3n) is 1.24. The number of nitrogens with one attached hydrogen (secondary N) is 1. The van der Waals surface area contributed by atoms with Crippen LogP contribution in [0.3, 0.4) is 0 Å². The van der Waals surface area contributed by atoms with Crippen molar-refractivity contribution in [3.8, 4) is 0 Å².